The van der Waals surface area contributed by atoms with Gasteiger partial charge in [0.1, 0.15) is 5.82 Å². The van der Waals surface area contributed by atoms with Crippen molar-refractivity contribution in [2.45, 2.75) is 46.5 Å². The van der Waals surface area contributed by atoms with Crippen LogP contribution in [-0.2, 0) is 5.41 Å². The molecule has 1 aromatic heterocycles. The number of aromatic nitrogens is 2. The first-order valence-corrected chi connectivity index (χ1v) is 5.09. The molecule has 14 heavy (non-hydrogen) atoms. The summed E-state index contributed by atoms with van der Waals surface area (Å²) in [5.74, 6) is 0.940. The van der Waals surface area contributed by atoms with E-state index in [4.69, 9.17) is 0 Å². The Labute approximate surface area is 86.8 Å². The molecule has 0 fully saturated rings. The van der Waals surface area contributed by atoms with Crippen molar-refractivity contribution in [1.82, 2.24) is 9.97 Å². The topological polar surface area (TPSA) is 25.8 Å². The molecule has 78 valence electrons. The van der Waals surface area contributed by atoms with Crippen LogP contribution in [0.4, 0.5) is 0 Å². The van der Waals surface area contributed by atoms with Crippen molar-refractivity contribution in [1.29, 1.82) is 0 Å². The summed E-state index contributed by atoms with van der Waals surface area (Å²) >= 11 is 0. The maximum absolute atomic E-state index is 4.32. The van der Waals surface area contributed by atoms with Gasteiger partial charge in [0.2, 0.25) is 0 Å². The number of rotatable bonds is 2. The fourth-order valence-corrected chi connectivity index (χ4v) is 2.05. The third-order valence-electron chi connectivity index (χ3n) is 2.14. The number of hydrogen-bond donors (Lipinski definition) is 0. The lowest BCUT2D eigenvalue weighted by molar-refractivity contribution is 0.274. The van der Waals surface area contributed by atoms with Gasteiger partial charge < -0.3 is 0 Å². The molecule has 0 saturated heterocycles. The summed E-state index contributed by atoms with van der Waals surface area (Å²) in [4.78, 5) is 8.65. The monoisotopic (exact) mass is 192 g/mol. The van der Waals surface area contributed by atoms with Gasteiger partial charge in [0.15, 0.2) is 0 Å². The largest absolute Gasteiger partial charge is 0.241 e. The molecule has 1 rings (SSSR count). The highest BCUT2D eigenvalue weighted by Crippen LogP contribution is 2.33. The van der Waals surface area contributed by atoms with Crippen molar-refractivity contribution >= 4 is 0 Å². The first-order valence-electron chi connectivity index (χ1n) is 5.09. The second-order valence-corrected chi connectivity index (χ2v) is 5.69. The van der Waals surface area contributed by atoms with Gasteiger partial charge in [-0.3, -0.25) is 0 Å². The van der Waals surface area contributed by atoms with Crippen LogP contribution >= 0.6 is 0 Å². The Morgan fingerprint density at radius 2 is 1.50 bits per heavy atom. The maximum atomic E-state index is 4.32. The predicted octanol–water partition coefficient (Wildman–Crippen LogP) is 3.19. The molecule has 1 heterocycles. The van der Waals surface area contributed by atoms with Crippen LogP contribution in [-0.4, -0.2) is 9.97 Å². The molecular formula is C12H20N2. The average molecular weight is 192 g/mol. The molecule has 0 aliphatic carbocycles. The molecule has 2 nitrogen and oxygen atoms in total. The van der Waals surface area contributed by atoms with Gasteiger partial charge >= 0.3 is 0 Å². The molecule has 0 radical (unpaired) electrons. The summed E-state index contributed by atoms with van der Waals surface area (Å²) in [5.41, 5.74) is 0.363. The summed E-state index contributed by atoms with van der Waals surface area (Å²) in [5, 5.41) is 0. The van der Waals surface area contributed by atoms with E-state index in [9.17, 15) is 0 Å². The summed E-state index contributed by atoms with van der Waals surface area (Å²) in [6.07, 6.45) is 4.71. The molecule has 0 spiro atoms. The molecule has 0 atom stereocenters. The van der Waals surface area contributed by atoms with Gasteiger partial charge in [-0.15, -0.1) is 0 Å². The summed E-state index contributed by atoms with van der Waals surface area (Å²) < 4.78 is 0. The number of hydrogen-bond acceptors (Lipinski definition) is 2. The van der Waals surface area contributed by atoms with E-state index in [2.05, 4.69) is 44.6 Å². The van der Waals surface area contributed by atoms with Crippen LogP contribution in [0.5, 0.6) is 0 Å². The Bertz CT molecular complexity index is 283. The average Bonchev–Trinajstić information content (AvgIpc) is 2.01. The smallest absolute Gasteiger partial charge is 0.133 e. The Hall–Kier alpha value is -0.920. The van der Waals surface area contributed by atoms with Crippen LogP contribution in [0, 0.1) is 5.41 Å². The van der Waals surface area contributed by atoms with Gasteiger partial charge in [0.05, 0.1) is 0 Å². The van der Waals surface area contributed by atoms with Gasteiger partial charge in [0, 0.05) is 17.8 Å². The molecular weight excluding hydrogens is 172 g/mol. The molecule has 0 bridgehead atoms. The van der Waals surface area contributed by atoms with E-state index in [1.165, 1.54) is 0 Å². The van der Waals surface area contributed by atoms with Crippen LogP contribution in [0.1, 0.15) is 46.9 Å². The molecule has 1 aromatic rings. The van der Waals surface area contributed by atoms with Crippen molar-refractivity contribution < 1.29 is 0 Å². The Morgan fingerprint density at radius 1 is 1.00 bits per heavy atom. The van der Waals surface area contributed by atoms with Crippen molar-refractivity contribution in [3.63, 3.8) is 0 Å². The van der Waals surface area contributed by atoms with E-state index in [-0.39, 0.29) is 5.41 Å². The number of nitrogens with zero attached hydrogens (tertiary/aromatic N) is 2. The minimum atomic E-state index is 0.0551. The fourth-order valence-electron chi connectivity index (χ4n) is 2.05. The van der Waals surface area contributed by atoms with Crippen molar-refractivity contribution in [3.05, 3.63) is 24.3 Å². The molecule has 2 heteroatoms. The second kappa shape index (κ2) is 3.68. The van der Waals surface area contributed by atoms with E-state index in [1.54, 1.807) is 0 Å². The summed E-state index contributed by atoms with van der Waals surface area (Å²) in [6.45, 7) is 11.1. The van der Waals surface area contributed by atoms with Crippen LogP contribution in [0.3, 0.4) is 0 Å². The zero-order chi connectivity index (χ0) is 10.8. The fraction of sp³-hybridized carbons (Fsp3) is 0.667. The zero-order valence-corrected chi connectivity index (χ0v) is 9.83. The van der Waals surface area contributed by atoms with E-state index in [0.29, 0.717) is 5.41 Å². The van der Waals surface area contributed by atoms with E-state index in [0.717, 1.165) is 12.2 Å². The van der Waals surface area contributed by atoms with Gasteiger partial charge in [-0.2, -0.15) is 0 Å². The highest BCUT2D eigenvalue weighted by Gasteiger charge is 2.29. The SMILES string of the molecule is CC(C)(C)CC(C)(C)c1ncccn1. The van der Waals surface area contributed by atoms with Gasteiger partial charge in [-0.25, -0.2) is 9.97 Å². The molecule has 0 saturated carbocycles. The van der Waals surface area contributed by atoms with E-state index < -0.39 is 0 Å². The van der Waals surface area contributed by atoms with Crippen LogP contribution in [0.15, 0.2) is 18.5 Å². The normalized spacial score (nSPS) is 12.9. The molecule has 0 N–H and O–H groups in total. The zero-order valence-electron chi connectivity index (χ0n) is 9.83. The summed E-state index contributed by atoms with van der Waals surface area (Å²) in [6, 6.07) is 1.86. The summed E-state index contributed by atoms with van der Waals surface area (Å²) in [7, 11) is 0. The van der Waals surface area contributed by atoms with Crippen molar-refractivity contribution in [2.24, 2.45) is 5.41 Å². The maximum Gasteiger partial charge on any atom is 0.133 e. The van der Waals surface area contributed by atoms with Crippen LogP contribution in [0.25, 0.3) is 0 Å². The van der Waals surface area contributed by atoms with Crippen molar-refractivity contribution in [3.8, 4) is 0 Å². The lowest BCUT2D eigenvalue weighted by Crippen LogP contribution is -2.26. The first-order chi connectivity index (χ1) is 6.31. The highest BCUT2D eigenvalue weighted by molar-refractivity contribution is 5.04. The minimum Gasteiger partial charge on any atom is -0.241 e. The Balaban J connectivity index is 2.86. The van der Waals surface area contributed by atoms with Crippen LogP contribution in [0.2, 0.25) is 0 Å². The van der Waals surface area contributed by atoms with Gasteiger partial charge in [0.25, 0.3) is 0 Å². The third kappa shape index (κ3) is 3.09. The Morgan fingerprint density at radius 3 is 1.93 bits per heavy atom. The highest BCUT2D eigenvalue weighted by atomic mass is 14.9. The Kier molecular flexibility index (Phi) is 2.93. The minimum absolute atomic E-state index is 0.0551. The predicted molar refractivity (Wildman–Crippen MR) is 59.1 cm³/mol. The molecule has 0 aliphatic heterocycles. The van der Waals surface area contributed by atoms with Crippen molar-refractivity contribution in [2.75, 3.05) is 0 Å². The van der Waals surface area contributed by atoms with Gasteiger partial charge in [-0.1, -0.05) is 34.6 Å². The first kappa shape index (κ1) is 11.2. The second-order valence-electron chi connectivity index (χ2n) is 5.69. The third-order valence-corrected chi connectivity index (χ3v) is 2.14. The molecule has 0 aromatic carbocycles. The lowest BCUT2D eigenvalue weighted by atomic mass is 9.76. The molecule has 0 amide bonds. The van der Waals surface area contributed by atoms with Crippen LogP contribution < -0.4 is 0 Å². The quantitative estimate of drug-likeness (QED) is 0.719. The molecule has 0 aliphatic rings. The van der Waals surface area contributed by atoms with E-state index >= 15 is 0 Å². The lowest BCUT2D eigenvalue weighted by Gasteiger charge is -2.30. The standard InChI is InChI=1S/C12H20N2/c1-11(2,3)9-12(4,5)10-13-7-6-8-14-10/h6-8H,9H2,1-5H3. The molecule has 0 unspecified atom stereocenters. The van der Waals surface area contributed by atoms with E-state index in [1.807, 2.05) is 18.5 Å². The van der Waals surface area contributed by atoms with Gasteiger partial charge in [-0.05, 0) is 17.9 Å².